The van der Waals surface area contributed by atoms with Crippen molar-refractivity contribution < 1.29 is 8.78 Å². The minimum Gasteiger partial charge on any atom is -0.399 e. The van der Waals surface area contributed by atoms with Crippen molar-refractivity contribution >= 4 is 22.5 Å². The fourth-order valence-corrected chi connectivity index (χ4v) is 3.12. The number of fused-ring (bicyclic) bond motifs is 1. The molecule has 0 fully saturated rings. The van der Waals surface area contributed by atoms with E-state index in [-0.39, 0.29) is 12.4 Å². The van der Waals surface area contributed by atoms with Crippen LogP contribution in [0, 0.1) is 18.7 Å². The Labute approximate surface area is 160 Å². The topological polar surface area (TPSA) is 79.6 Å². The number of nitrogens with two attached hydrogens (primary N) is 1. The molecule has 0 saturated heterocycles. The van der Waals surface area contributed by atoms with E-state index in [0.29, 0.717) is 29.1 Å². The second kappa shape index (κ2) is 7.26. The van der Waals surface area contributed by atoms with Gasteiger partial charge in [0.25, 0.3) is 0 Å². The Hall–Kier alpha value is -3.48. The number of benzene rings is 1. The molecular weight excluding hydrogens is 360 g/mol. The molecule has 0 bridgehead atoms. The summed E-state index contributed by atoms with van der Waals surface area (Å²) in [7, 11) is 0. The molecule has 0 spiro atoms. The fourth-order valence-electron chi connectivity index (χ4n) is 3.12. The Kier molecular flexibility index (Phi) is 4.65. The number of hydrogen-bond acceptors (Lipinski definition) is 4. The van der Waals surface area contributed by atoms with E-state index in [0.717, 1.165) is 22.2 Å². The molecule has 28 heavy (non-hydrogen) atoms. The van der Waals surface area contributed by atoms with E-state index in [1.54, 1.807) is 24.4 Å². The summed E-state index contributed by atoms with van der Waals surface area (Å²) in [5.41, 5.74) is 9.79. The summed E-state index contributed by atoms with van der Waals surface area (Å²) >= 11 is 0. The van der Waals surface area contributed by atoms with Crippen LogP contribution in [-0.2, 0) is 13.0 Å². The number of aromatic amines is 1. The van der Waals surface area contributed by atoms with Crippen molar-refractivity contribution in [2.45, 2.75) is 19.9 Å². The van der Waals surface area contributed by atoms with Gasteiger partial charge in [0, 0.05) is 47.6 Å². The van der Waals surface area contributed by atoms with Crippen LogP contribution in [0.3, 0.4) is 0 Å². The van der Waals surface area contributed by atoms with Crippen LogP contribution in [0.25, 0.3) is 11.0 Å². The number of aryl methyl sites for hydroxylation is 1. The third-order valence-corrected chi connectivity index (χ3v) is 4.59. The first-order valence-electron chi connectivity index (χ1n) is 8.85. The van der Waals surface area contributed by atoms with Gasteiger partial charge in [-0.05, 0) is 48.4 Å². The number of rotatable bonds is 5. The van der Waals surface area contributed by atoms with E-state index < -0.39 is 5.95 Å². The average Bonchev–Trinajstić information content (AvgIpc) is 3.06. The number of hydrogen-bond donors (Lipinski definition) is 3. The van der Waals surface area contributed by atoms with Gasteiger partial charge in [-0.15, -0.1) is 0 Å². The fraction of sp³-hybridized carbons (Fsp3) is 0.143. The number of nitrogens with zero attached hydrogens (tertiary/aromatic N) is 2. The lowest BCUT2D eigenvalue weighted by atomic mass is 10.1. The van der Waals surface area contributed by atoms with Gasteiger partial charge in [-0.2, -0.15) is 4.39 Å². The first kappa shape index (κ1) is 17.9. The number of nitrogens with one attached hydrogen (secondary N) is 2. The maximum absolute atomic E-state index is 14.5. The Morgan fingerprint density at radius 1 is 1.07 bits per heavy atom. The van der Waals surface area contributed by atoms with Crippen molar-refractivity contribution in [2.75, 3.05) is 11.1 Å². The Balaban J connectivity index is 1.51. The van der Waals surface area contributed by atoms with Crippen LogP contribution >= 0.6 is 0 Å². The zero-order valence-electron chi connectivity index (χ0n) is 15.3. The van der Waals surface area contributed by atoms with Gasteiger partial charge in [0.15, 0.2) is 0 Å². The summed E-state index contributed by atoms with van der Waals surface area (Å²) in [6.07, 6.45) is 4.02. The normalized spacial score (nSPS) is 11.1. The summed E-state index contributed by atoms with van der Waals surface area (Å²) < 4.78 is 28.3. The molecule has 4 aromatic rings. The molecule has 0 unspecified atom stereocenters. The summed E-state index contributed by atoms with van der Waals surface area (Å²) in [4.78, 5) is 11.4. The lowest BCUT2D eigenvalue weighted by molar-refractivity contribution is 0.571. The minimum absolute atomic E-state index is 0.163. The van der Waals surface area contributed by atoms with Gasteiger partial charge in [-0.1, -0.05) is 6.07 Å². The number of anilines is 2. The predicted octanol–water partition coefficient (Wildman–Crippen LogP) is 4.33. The molecule has 1 aromatic carbocycles. The SMILES string of the molecule is Cc1cnc2[nH]cc(Cc3ccc(NCc4cc(N)ccc4F)nc3F)c2c1. The summed E-state index contributed by atoms with van der Waals surface area (Å²) in [6, 6.07) is 9.73. The van der Waals surface area contributed by atoms with Crippen molar-refractivity contribution in [3.63, 3.8) is 0 Å². The lowest BCUT2D eigenvalue weighted by Gasteiger charge is -2.09. The summed E-state index contributed by atoms with van der Waals surface area (Å²) in [5.74, 6) is -0.602. The molecule has 0 aliphatic heterocycles. The van der Waals surface area contributed by atoms with E-state index in [2.05, 4.69) is 20.3 Å². The summed E-state index contributed by atoms with van der Waals surface area (Å²) in [5, 5.41) is 3.90. The van der Waals surface area contributed by atoms with E-state index in [9.17, 15) is 8.78 Å². The minimum atomic E-state index is -0.562. The van der Waals surface area contributed by atoms with Gasteiger partial charge < -0.3 is 16.0 Å². The maximum Gasteiger partial charge on any atom is 0.218 e. The second-order valence-electron chi connectivity index (χ2n) is 6.75. The molecule has 142 valence electrons. The number of aromatic nitrogens is 3. The molecule has 0 amide bonds. The Morgan fingerprint density at radius 3 is 2.75 bits per heavy atom. The largest absolute Gasteiger partial charge is 0.399 e. The smallest absolute Gasteiger partial charge is 0.218 e. The highest BCUT2D eigenvalue weighted by atomic mass is 19.1. The highest BCUT2D eigenvalue weighted by Gasteiger charge is 2.11. The number of H-pyrrole nitrogens is 1. The molecule has 0 radical (unpaired) electrons. The van der Waals surface area contributed by atoms with Crippen LogP contribution in [0.2, 0.25) is 0 Å². The third kappa shape index (κ3) is 3.64. The van der Waals surface area contributed by atoms with Crippen LogP contribution in [0.5, 0.6) is 0 Å². The number of nitrogen functional groups attached to an aromatic ring is 1. The van der Waals surface area contributed by atoms with Gasteiger partial charge in [0.2, 0.25) is 5.95 Å². The highest BCUT2D eigenvalue weighted by molar-refractivity contribution is 5.80. The molecule has 7 heteroatoms. The first-order valence-corrected chi connectivity index (χ1v) is 8.85. The molecule has 3 heterocycles. The van der Waals surface area contributed by atoms with Crippen molar-refractivity contribution in [2.24, 2.45) is 0 Å². The average molecular weight is 379 g/mol. The van der Waals surface area contributed by atoms with Crippen LogP contribution in [0.1, 0.15) is 22.3 Å². The van der Waals surface area contributed by atoms with Crippen molar-refractivity contribution in [3.05, 3.63) is 82.8 Å². The highest BCUT2D eigenvalue weighted by Crippen LogP contribution is 2.22. The zero-order chi connectivity index (χ0) is 19.7. The van der Waals surface area contributed by atoms with E-state index in [1.165, 1.54) is 12.1 Å². The quantitative estimate of drug-likeness (QED) is 0.356. The molecule has 0 aliphatic rings. The van der Waals surface area contributed by atoms with E-state index in [1.807, 2.05) is 19.2 Å². The molecule has 4 rings (SSSR count). The first-order chi connectivity index (χ1) is 13.5. The molecular formula is C21H19F2N5. The number of halogens is 2. The van der Waals surface area contributed by atoms with Crippen molar-refractivity contribution in [1.29, 1.82) is 0 Å². The maximum atomic E-state index is 14.5. The molecule has 0 atom stereocenters. The second-order valence-corrected chi connectivity index (χ2v) is 6.75. The van der Waals surface area contributed by atoms with Crippen LogP contribution in [0.15, 0.2) is 48.8 Å². The monoisotopic (exact) mass is 379 g/mol. The molecule has 0 saturated carbocycles. The van der Waals surface area contributed by atoms with Crippen LogP contribution in [-0.4, -0.2) is 15.0 Å². The molecule has 5 nitrogen and oxygen atoms in total. The van der Waals surface area contributed by atoms with Gasteiger partial charge in [-0.25, -0.2) is 14.4 Å². The van der Waals surface area contributed by atoms with Crippen molar-refractivity contribution in [3.8, 4) is 0 Å². The number of pyridine rings is 2. The Morgan fingerprint density at radius 2 is 1.93 bits per heavy atom. The van der Waals surface area contributed by atoms with Gasteiger partial charge in [0.05, 0.1) is 0 Å². The summed E-state index contributed by atoms with van der Waals surface area (Å²) in [6.45, 7) is 2.13. The van der Waals surface area contributed by atoms with Crippen LogP contribution in [0.4, 0.5) is 20.3 Å². The van der Waals surface area contributed by atoms with Crippen LogP contribution < -0.4 is 11.1 Å². The van der Waals surface area contributed by atoms with E-state index in [4.69, 9.17) is 5.73 Å². The molecule has 0 aliphatic carbocycles. The van der Waals surface area contributed by atoms with E-state index >= 15 is 0 Å². The standard InChI is InChI=1S/C21H19F2N5/c1-12-6-17-14(10-27-21(17)26-9-12)7-13-2-5-19(28-20(13)23)25-11-15-8-16(24)3-4-18(15)22/h2-6,8-10H,7,11,24H2,1H3,(H,25,28)(H,26,27). The zero-order valence-corrected chi connectivity index (χ0v) is 15.3. The molecule has 4 N–H and O–H groups in total. The Bertz CT molecular complexity index is 1150. The van der Waals surface area contributed by atoms with Gasteiger partial charge in [-0.3, -0.25) is 0 Å². The lowest BCUT2D eigenvalue weighted by Crippen LogP contribution is -2.06. The molecule has 3 aromatic heterocycles. The van der Waals surface area contributed by atoms with Gasteiger partial charge >= 0.3 is 0 Å². The third-order valence-electron chi connectivity index (χ3n) is 4.59. The van der Waals surface area contributed by atoms with Gasteiger partial charge in [0.1, 0.15) is 17.3 Å². The van der Waals surface area contributed by atoms with Crippen molar-refractivity contribution in [1.82, 2.24) is 15.0 Å². The predicted molar refractivity (Wildman–Crippen MR) is 106 cm³/mol.